The molecule has 3 atom stereocenters. The van der Waals surface area contributed by atoms with Crippen molar-refractivity contribution < 1.29 is 24.2 Å². The summed E-state index contributed by atoms with van der Waals surface area (Å²) in [5.41, 5.74) is 5.02. The molecule has 0 aromatic carbocycles. The molecule has 1 fully saturated rings. The summed E-state index contributed by atoms with van der Waals surface area (Å²) in [5, 5.41) is 11.5. The Labute approximate surface area is 180 Å². The van der Waals surface area contributed by atoms with E-state index in [2.05, 4.69) is 36.5 Å². The molecule has 7 heteroatoms. The molecule has 1 aliphatic rings. The van der Waals surface area contributed by atoms with Gasteiger partial charge in [-0.3, -0.25) is 9.59 Å². The van der Waals surface area contributed by atoms with Gasteiger partial charge in [0, 0.05) is 12.8 Å². The minimum absolute atomic E-state index is 0.0218. The van der Waals surface area contributed by atoms with E-state index in [1.807, 2.05) is 0 Å². The molecule has 0 unspecified atom stereocenters. The molecule has 0 aromatic rings. The predicted octanol–water partition coefficient (Wildman–Crippen LogP) is 3.62. The van der Waals surface area contributed by atoms with Crippen LogP contribution in [0.2, 0.25) is 0 Å². The number of carboxylic acid groups (broad SMARTS) is 1. The summed E-state index contributed by atoms with van der Waals surface area (Å²) in [7, 11) is 0. The number of carbonyl (C=O) groups excluding carboxylic acids is 2. The predicted molar refractivity (Wildman–Crippen MR) is 117 cm³/mol. The summed E-state index contributed by atoms with van der Waals surface area (Å²) in [6.45, 7) is 2.15. The van der Waals surface area contributed by atoms with E-state index in [9.17, 15) is 14.4 Å². The van der Waals surface area contributed by atoms with E-state index in [1.165, 1.54) is 0 Å². The van der Waals surface area contributed by atoms with E-state index in [1.54, 1.807) is 0 Å². The van der Waals surface area contributed by atoms with Crippen molar-refractivity contribution in [1.82, 2.24) is 5.32 Å². The van der Waals surface area contributed by atoms with E-state index in [0.29, 0.717) is 18.6 Å². The van der Waals surface area contributed by atoms with Crippen molar-refractivity contribution in [1.29, 1.82) is 0 Å². The molecule has 0 aliphatic carbocycles. The van der Waals surface area contributed by atoms with Crippen LogP contribution in [-0.4, -0.2) is 41.1 Å². The van der Waals surface area contributed by atoms with Crippen LogP contribution in [0.5, 0.6) is 0 Å². The van der Waals surface area contributed by atoms with Crippen LogP contribution in [0.3, 0.4) is 0 Å². The quantitative estimate of drug-likeness (QED) is 0.177. The van der Waals surface area contributed by atoms with Gasteiger partial charge in [0.15, 0.2) is 0 Å². The number of carboxylic acids is 1. The van der Waals surface area contributed by atoms with Gasteiger partial charge in [0.25, 0.3) is 0 Å². The largest absolute Gasteiger partial charge is 0.480 e. The second kappa shape index (κ2) is 15.7. The van der Waals surface area contributed by atoms with E-state index >= 15 is 0 Å². The number of nitrogens with two attached hydrogens (primary N) is 1. The van der Waals surface area contributed by atoms with Crippen molar-refractivity contribution >= 4 is 17.8 Å². The zero-order valence-electron chi connectivity index (χ0n) is 18.2. The Morgan fingerprint density at radius 1 is 1.00 bits per heavy atom. The summed E-state index contributed by atoms with van der Waals surface area (Å²) < 4.78 is 5.49. The molecule has 1 aliphatic heterocycles. The van der Waals surface area contributed by atoms with E-state index in [4.69, 9.17) is 15.6 Å². The van der Waals surface area contributed by atoms with Crippen LogP contribution in [0.25, 0.3) is 0 Å². The Morgan fingerprint density at radius 3 is 2.37 bits per heavy atom. The highest BCUT2D eigenvalue weighted by Gasteiger charge is 2.35. The average molecular weight is 423 g/mol. The fourth-order valence-electron chi connectivity index (χ4n) is 3.25. The van der Waals surface area contributed by atoms with E-state index in [0.717, 1.165) is 57.8 Å². The fourth-order valence-corrected chi connectivity index (χ4v) is 3.25. The molecule has 1 heterocycles. The number of nitrogens with one attached hydrogen (secondary N) is 1. The second-order valence-electron chi connectivity index (χ2n) is 7.81. The number of amides is 2. The Hall–Kier alpha value is -2.15. The molecule has 0 radical (unpaired) electrons. The molecule has 2 amide bonds. The monoisotopic (exact) mass is 422 g/mol. The number of ether oxygens (including phenoxy) is 1. The van der Waals surface area contributed by atoms with Gasteiger partial charge >= 0.3 is 5.97 Å². The number of rotatable bonds is 18. The minimum atomic E-state index is -1.14. The van der Waals surface area contributed by atoms with Crippen LogP contribution in [0.4, 0.5) is 0 Å². The lowest BCUT2D eigenvalue weighted by Gasteiger charge is -2.13. The second-order valence-corrected chi connectivity index (χ2v) is 7.81. The summed E-state index contributed by atoms with van der Waals surface area (Å²) in [6.07, 6.45) is 19.2. The molecule has 0 bridgehead atoms. The van der Waals surface area contributed by atoms with Gasteiger partial charge in [-0.15, -0.1) is 0 Å². The normalized spacial score (nSPS) is 19.2. The first-order valence-corrected chi connectivity index (χ1v) is 11.2. The molecule has 0 aromatic heterocycles. The lowest BCUT2D eigenvalue weighted by Crippen LogP contribution is -2.41. The lowest BCUT2D eigenvalue weighted by molar-refractivity contribution is -0.142. The Kier molecular flexibility index (Phi) is 13.5. The Bertz CT molecular complexity index is 588. The van der Waals surface area contributed by atoms with Crippen LogP contribution in [-0.2, 0) is 19.1 Å². The molecular formula is C23H38N2O5. The first kappa shape index (κ1) is 25.9. The Balaban J connectivity index is 1.94. The minimum Gasteiger partial charge on any atom is -0.480 e. The van der Waals surface area contributed by atoms with Gasteiger partial charge in [-0.05, 0) is 44.9 Å². The van der Waals surface area contributed by atoms with Gasteiger partial charge in [0.2, 0.25) is 11.8 Å². The number of allylic oxidation sites excluding steroid dienone is 3. The molecule has 30 heavy (non-hydrogen) atoms. The van der Waals surface area contributed by atoms with Gasteiger partial charge in [-0.1, -0.05) is 50.5 Å². The molecule has 7 nitrogen and oxygen atoms in total. The summed E-state index contributed by atoms with van der Waals surface area (Å²) in [4.78, 5) is 33.7. The lowest BCUT2D eigenvalue weighted by atomic mass is 10.1. The number of epoxide rings is 1. The topological polar surface area (TPSA) is 122 Å². The third-order valence-electron chi connectivity index (χ3n) is 5.15. The van der Waals surface area contributed by atoms with Crippen molar-refractivity contribution in [2.24, 2.45) is 5.73 Å². The highest BCUT2D eigenvalue weighted by molar-refractivity contribution is 5.84. The molecule has 1 saturated heterocycles. The SMILES string of the molecule is CC[C@@H]1O[C@H]1C/C=C\C/C=C\CCCCCCCC(=O)N[C@@H](CCC(N)=O)C(=O)O. The summed E-state index contributed by atoms with van der Waals surface area (Å²) >= 11 is 0. The summed E-state index contributed by atoms with van der Waals surface area (Å²) in [5.74, 6) is -2.01. The zero-order chi connectivity index (χ0) is 22.2. The number of hydrogen-bond acceptors (Lipinski definition) is 4. The van der Waals surface area contributed by atoms with E-state index < -0.39 is 17.9 Å². The number of unbranched alkanes of at least 4 members (excludes halogenated alkanes) is 5. The van der Waals surface area contributed by atoms with Crippen molar-refractivity contribution in [2.75, 3.05) is 0 Å². The first-order chi connectivity index (χ1) is 14.4. The molecule has 0 saturated carbocycles. The zero-order valence-corrected chi connectivity index (χ0v) is 18.2. The van der Waals surface area contributed by atoms with Crippen LogP contribution in [0.15, 0.2) is 24.3 Å². The maximum atomic E-state index is 11.8. The highest BCUT2D eigenvalue weighted by Crippen LogP contribution is 2.28. The van der Waals surface area contributed by atoms with Crippen molar-refractivity contribution in [3.05, 3.63) is 24.3 Å². The molecule has 170 valence electrons. The van der Waals surface area contributed by atoms with Gasteiger partial charge in [-0.2, -0.15) is 0 Å². The number of carbonyl (C=O) groups is 3. The molecule has 4 N–H and O–H groups in total. The highest BCUT2D eigenvalue weighted by atomic mass is 16.6. The van der Waals surface area contributed by atoms with Crippen LogP contribution in [0, 0.1) is 0 Å². The van der Waals surface area contributed by atoms with Crippen LogP contribution < -0.4 is 11.1 Å². The standard InChI is InChI=1S/C23H38N2O5/c1-2-19-20(30-19)14-12-10-8-6-4-3-5-7-9-11-13-15-22(27)25-18(23(28)29)16-17-21(24)26/h4,6,10,12,18-20H,2-3,5,7-9,11,13-17H2,1H3,(H2,24,26)(H,25,27)(H,28,29)/b6-4-,12-10-/t18-,19-,20-/m0/s1. The first-order valence-electron chi connectivity index (χ1n) is 11.2. The van der Waals surface area contributed by atoms with Crippen molar-refractivity contribution in [3.63, 3.8) is 0 Å². The molecular weight excluding hydrogens is 384 g/mol. The summed E-state index contributed by atoms with van der Waals surface area (Å²) in [6, 6.07) is -1.05. The Morgan fingerprint density at radius 2 is 1.70 bits per heavy atom. The van der Waals surface area contributed by atoms with E-state index in [-0.39, 0.29) is 18.7 Å². The van der Waals surface area contributed by atoms with Crippen molar-refractivity contribution in [2.45, 2.75) is 102 Å². The van der Waals surface area contributed by atoms with Crippen molar-refractivity contribution in [3.8, 4) is 0 Å². The van der Waals surface area contributed by atoms with Gasteiger partial charge in [0.05, 0.1) is 12.2 Å². The third kappa shape index (κ3) is 13.1. The third-order valence-corrected chi connectivity index (χ3v) is 5.15. The fraction of sp³-hybridized carbons (Fsp3) is 0.696. The smallest absolute Gasteiger partial charge is 0.326 e. The number of hydrogen-bond donors (Lipinski definition) is 3. The van der Waals surface area contributed by atoms with Gasteiger partial charge < -0.3 is 20.9 Å². The average Bonchev–Trinajstić information content (AvgIpc) is 3.46. The van der Waals surface area contributed by atoms with Crippen LogP contribution >= 0.6 is 0 Å². The maximum Gasteiger partial charge on any atom is 0.326 e. The number of primary amides is 1. The maximum absolute atomic E-state index is 11.8. The molecule has 0 spiro atoms. The van der Waals surface area contributed by atoms with Crippen LogP contribution in [0.1, 0.15) is 84.0 Å². The number of aliphatic carboxylic acids is 1. The van der Waals surface area contributed by atoms with Gasteiger partial charge in [-0.25, -0.2) is 4.79 Å². The molecule has 1 rings (SSSR count). The van der Waals surface area contributed by atoms with Gasteiger partial charge in [0.1, 0.15) is 6.04 Å².